The van der Waals surface area contributed by atoms with E-state index in [4.69, 9.17) is 15.1 Å². The molecule has 3 heterocycles. The molecule has 0 unspecified atom stereocenters. The number of nitrogens with zero attached hydrogens (tertiary/aromatic N) is 7. The Hall–Kier alpha value is -4.20. The molecule has 0 amide bonds. The van der Waals surface area contributed by atoms with E-state index in [1.165, 1.54) is 0 Å². The molecule has 5 rings (SSSR count). The molecule has 0 bridgehead atoms. The van der Waals surface area contributed by atoms with Crippen molar-refractivity contribution in [2.24, 2.45) is 0 Å². The number of aromatic amines is 1. The molecule has 5 aromatic rings. The number of benzene rings is 2. The fourth-order valence-electron chi connectivity index (χ4n) is 3.66. The van der Waals surface area contributed by atoms with Gasteiger partial charge < -0.3 is 0 Å². The lowest BCUT2D eigenvalue weighted by Gasteiger charge is -2.08. The van der Waals surface area contributed by atoms with E-state index in [0.717, 1.165) is 52.6 Å². The van der Waals surface area contributed by atoms with Gasteiger partial charge >= 0.3 is 0 Å². The van der Waals surface area contributed by atoms with Crippen molar-refractivity contribution in [1.29, 1.82) is 0 Å². The Kier molecular flexibility index (Phi) is 5.48. The molecule has 0 aliphatic carbocycles. The van der Waals surface area contributed by atoms with Crippen LogP contribution in [0, 0.1) is 0 Å². The van der Waals surface area contributed by atoms with Gasteiger partial charge in [0.1, 0.15) is 5.82 Å². The summed E-state index contributed by atoms with van der Waals surface area (Å²) in [5.41, 5.74) is 4.85. The van der Waals surface area contributed by atoms with E-state index in [2.05, 4.69) is 33.6 Å². The second-order valence-corrected chi connectivity index (χ2v) is 7.46. The fourth-order valence-corrected chi connectivity index (χ4v) is 3.66. The number of hydrogen-bond donors (Lipinski definition) is 1. The highest BCUT2D eigenvalue weighted by molar-refractivity contribution is 5.78. The van der Waals surface area contributed by atoms with Crippen LogP contribution < -0.4 is 0 Å². The minimum atomic E-state index is 0.618. The minimum Gasteiger partial charge on any atom is -0.256 e. The smallest absolute Gasteiger partial charge is 0.181 e. The maximum atomic E-state index is 4.82. The zero-order valence-electron chi connectivity index (χ0n) is 17.7. The van der Waals surface area contributed by atoms with Gasteiger partial charge in [-0.1, -0.05) is 67.6 Å². The van der Waals surface area contributed by atoms with Crippen molar-refractivity contribution in [3.05, 3.63) is 84.3 Å². The molecule has 8 heteroatoms. The topological polar surface area (TPSA) is 98.1 Å². The summed E-state index contributed by atoms with van der Waals surface area (Å²) in [6.07, 6.45) is 3.56. The van der Waals surface area contributed by atoms with Gasteiger partial charge in [0.25, 0.3) is 0 Å². The Balaban J connectivity index is 1.42. The molecule has 8 nitrogen and oxygen atoms in total. The monoisotopic (exact) mass is 422 g/mol. The molecule has 0 saturated heterocycles. The molecule has 0 aliphatic heterocycles. The SMILES string of the molecule is CCCn1nc(-c2ccccc2)nc1Cc1ccc(-c2ccccc2-c2nnn[nH]2)nc1. The zero-order chi connectivity index (χ0) is 21.8. The van der Waals surface area contributed by atoms with Crippen LogP contribution in [-0.2, 0) is 13.0 Å². The third-order valence-corrected chi connectivity index (χ3v) is 5.21. The Morgan fingerprint density at radius 2 is 1.72 bits per heavy atom. The van der Waals surface area contributed by atoms with Crippen molar-refractivity contribution in [2.45, 2.75) is 26.3 Å². The van der Waals surface area contributed by atoms with Crippen molar-refractivity contribution in [3.8, 4) is 34.0 Å². The molecule has 2 aromatic carbocycles. The molecule has 0 radical (unpaired) electrons. The quantitative estimate of drug-likeness (QED) is 0.422. The lowest BCUT2D eigenvalue weighted by Crippen LogP contribution is -2.06. The van der Waals surface area contributed by atoms with Gasteiger partial charge in [-0.2, -0.15) is 5.10 Å². The summed E-state index contributed by atoms with van der Waals surface area (Å²) in [4.78, 5) is 9.54. The first-order chi connectivity index (χ1) is 15.8. The summed E-state index contributed by atoms with van der Waals surface area (Å²) in [7, 11) is 0. The van der Waals surface area contributed by atoms with Gasteiger partial charge in [-0.25, -0.2) is 14.8 Å². The molecule has 0 saturated carbocycles. The molecule has 3 aromatic heterocycles. The Bertz CT molecular complexity index is 1290. The van der Waals surface area contributed by atoms with Crippen LogP contribution in [0.15, 0.2) is 72.9 Å². The van der Waals surface area contributed by atoms with E-state index in [-0.39, 0.29) is 0 Å². The molecular weight excluding hydrogens is 400 g/mol. The van der Waals surface area contributed by atoms with Crippen molar-refractivity contribution in [3.63, 3.8) is 0 Å². The van der Waals surface area contributed by atoms with Gasteiger partial charge in [0.05, 0.1) is 5.69 Å². The molecule has 0 aliphatic rings. The predicted molar refractivity (Wildman–Crippen MR) is 121 cm³/mol. The summed E-state index contributed by atoms with van der Waals surface area (Å²) >= 11 is 0. The normalized spacial score (nSPS) is 11.0. The Morgan fingerprint density at radius 3 is 2.44 bits per heavy atom. The van der Waals surface area contributed by atoms with Gasteiger partial charge in [-0.15, -0.1) is 5.10 Å². The van der Waals surface area contributed by atoms with Crippen LogP contribution in [0.25, 0.3) is 34.0 Å². The zero-order valence-corrected chi connectivity index (χ0v) is 17.7. The molecular formula is C24H22N8. The number of H-pyrrole nitrogens is 1. The van der Waals surface area contributed by atoms with Crippen LogP contribution in [0.3, 0.4) is 0 Å². The fraction of sp³-hybridized carbons (Fsp3) is 0.167. The minimum absolute atomic E-state index is 0.618. The van der Waals surface area contributed by atoms with Crippen molar-refractivity contribution < 1.29 is 0 Å². The standard InChI is InChI=1S/C24H22N8/c1-2-14-32-22(26-23(29-32)18-8-4-3-5-9-18)15-17-12-13-21(25-16-17)19-10-6-7-11-20(19)24-27-30-31-28-24/h3-13,16H,2,14-15H2,1H3,(H,27,28,30,31). The van der Waals surface area contributed by atoms with E-state index in [1.54, 1.807) is 0 Å². The summed E-state index contributed by atoms with van der Waals surface area (Å²) in [6.45, 7) is 2.98. The summed E-state index contributed by atoms with van der Waals surface area (Å²) in [5, 5.41) is 19.0. The van der Waals surface area contributed by atoms with Crippen molar-refractivity contribution in [1.82, 2.24) is 40.4 Å². The maximum Gasteiger partial charge on any atom is 0.181 e. The predicted octanol–water partition coefficient (Wildman–Crippen LogP) is 4.19. The number of aryl methyl sites for hydroxylation is 1. The van der Waals surface area contributed by atoms with Crippen molar-refractivity contribution >= 4 is 0 Å². The van der Waals surface area contributed by atoms with E-state index >= 15 is 0 Å². The van der Waals surface area contributed by atoms with Gasteiger partial charge in [0.15, 0.2) is 11.6 Å². The second-order valence-electron chi connectivity index (χ2n) is 7.46. The van der Waals surface area contributed by atoms with Gasteiger partial charge in [-0.3, -0.25) is 4.98 Å². The summed E-state index contributed by atoms with van der Waals surface area (Å²) < 4.78 is 2.00. The Morgan fingerprint density at radius 1 is 0.906 bits per heavy atom. The lowest BCUT2D eigenvalue weighted by atomic mass is 10.0. The number of aromatic nitrogens is 8. The second kappa shape index (κ2) is 8.89. The van der Waals surface area contributed by atoms with Crippen LogP contribution in [0.1, 0.15) is 24.7 Å². The van der Waals surface area contributed by atoms with E-state index in [0.29, 0.717) is 12.2 Å². The number of tetrazole rings is 1. The number of nitrogens with one attached hydrogen (secondary N) is 1. The average Bonchev–Trinajstić information content (AvgIpc) is 3.51. The highest BCUT2D eigenvalue weighted by Gasteiger charge is 2.14. The molecule has 0 spiro atoms. The van der Waals surface area contributed by atoms with Crippen LogP contribution in [0.5, 0.6) is 0 Å². The van der Waals surface area contributed by atoms with Crippen LogP contribution >= 0.6 is 0 Å². The number of rotatable bonds is 7. The molecule has 158 valence electrons. The number of hydrogen-bond acceptors (Lipinski definition) is 6. The molecule has 0 fully saturated rings. The molecule has 0 atom stereocenters. The first kappa shape index (κ1) is 19.7. The van der Waals surface area contributed by atoms with Crippen LogP contribution in [0.2, 0.25) is 0 Å². The maximum absolute atomic E-state index is 4.82. The average molecular weight is 422 g/mol. The third kappa shape index (κ3) is 4.02. The highest BCUT2D eigenvalue weighted by atomic mass is 15.5. The molecule has 32 heavy (non-hydrogen) atoms. The first-order valence-electron chi connectivity index (χ1n) is 10.6. The highest BCUT2D eigenvalue weighted by Crippen LogP contribution is 2.28. The van der Waals surface area contributed by atoms with Crippen molar-refractivity contribution in [2.75, 3.05) is 0 Å². The largest absolute Gasteiger partial charge is 0.256 e. The third-order valence-electron chi connectivity index (χ3n) is 5.21. The first-order valence-corrected chi connectivity index (χ1v) is 10.6. The van der Waals surface area contributed by atoms with Crippen LogP contribution in [0.4, 0.5) is 0 Å². The molecule has 1 N–H and O–H groups in total. The van der Waals surface area contributed by atoms with Gasteiger partial charge in [0.2, 0.25) is 0 Å². The van der Waals surface area contributed by atoms with Crippen LogP contribution in [-0.4, -0.2) is 40.4 Å². The summed E-state index contributed by atoms with van der Waals surface area (Å²) in [5.74, 6) is 2.31. The van der Waals surface area contributed by atoms with E-state index in [1.807, 2.05) is 71.5 Å². The van der Waals surface area contributed by atoms with Gasteiger partial charge in [0, 0.05) is 35.9 Å². The Labute approximate surface area is 185 Å². The summed E-state index contributed by atoms with van der Waals surface area (Å²) in [6, 6.07) is 22.1. The van der Waals surface area contributed by atoms with E-state index < -0.39 is 0 Å². The van der Waals surface area contributed by atoms with E-state index in [9.17, 15) is 0 Å². The number of pyridine rings is 1. The lowest BCUT2D eigenvalue weighted by molar-refractivity contribution is 0.576. The van der Waals surface area contributed by atoms with Gasteiger partial charge in [-0.05, 0) is 28.5 Å².